The highest BCUT2D eigenvalue weighted by atomic mass is 79.9. The second kappa shape index (κ2) is 6.09. The number of nitrogens with one attached hydrogen (secondary N) is 2. The summed E-state index contributed by atoms with van der Waals surface area (Å²) in [5, 5.41) is 5.36. The van der Waals surface area contributed by atoms with Gasteiger partial charge in [0.05, 0.1) is 7.11 Å². The Morgan fingerprint density at radius 1 is 1.44 bits per heavy atom. The predicted molar refractivity (Wildman–Crippen MR) is 76.2 cm³/mol. The fraction of sp³-hybridized carbons (Fsp3) is 0.462. The molecule has 100 valence electrons. The van der Waals surface area contributed by atoms with Gasteiger partial charge in [0.1, 0.15) is 5.75 Å². The number of benzene rings is 1. The fourth-order valence-electron chi connectivity index (χ4n) is 1.69. The number of amides is 2. The van der Waals surface area contributed by atoms with E-state index in [1.807, 2.05) is 18.2 Å². The zero-order valence-corrected chi connectivity index (χ0v) is 12.7. The minimum atomic E-state index is -0.221. The third kappa shape index (κ3) is 3.63. The summed E-state index contributed by atoms with van der Waals surface area (Å²) in [6, 6.07) is 5.69. The Bertz CT molecular complexity index is 433. The summed E-state index contributed by atoms with van der Waals surface area (Å²) >= 11 is 3.46. The van der Waals surface area contributed by atoms with Crippen molar-refractivity contribution < 1.29 is 9.53 Å². The van der Waals surface area contributed by atoms with Gasteiger partial charge in [0.15, 0.2) is 0 Å². The van der Waals surface area contributed by atoms with Crippen LogP contribution in [0.2, 0.25) is 0 Å². The van der Waals surface area contributed by atoms with Crippen molar-refractivity contribution in [1.29, 1.82) is 0 Å². The fourth-order valence-corrected chi connectivity index (χ4v) is 2.06. The van der Waals surface area contributed by atoms with Crippen LogP contribution in [0.5, 0.6) is 5.75 Å². The number of methoxy groups -OCH3 is 1. The van der Waals surface area contributed by atoms with Gasteiger partial charge in [0.25, 0.3) is 0 Å². The number of rotatable bonds is 4. The molecule has 0 fully saturated rings. The van der Waals surface area contributed by atoms with Crippen LogP contribution in [0.3, 0.4) is 0 Å². The molecule has 0 aliphatic heterocycles. The van der Waals surface area contributed by atoms with E-state index in [0.29, 0.717) is 6.54 Å². The number of hydrogen-bond donors (Lipinski definition) is 2. The van der Waals surface area contributed by atoms with Gasteiger partial charge in [-0.1, -0.05) is 29.8 Å². The average Bonchev–Trinajstić information content (AvgIpc) is 2.36. The van der Waals surface area contributed by atoms with Crippen LogP contribution in [0.1, 0.15) is 19.4 Å². The molecule has 0 spiro atoms. The van der Waals surface area contributed by atoms with E-state index in [-0.39, 0.29) is 11.4 Å². The molecule has 4 nitrogen and oxygen atoms in total. The minimum Gasteiger partial charge on any atom is -0.496 e. The molecular formula is C13H19BrN2O2. The van der Waals surface area contributed by atoms with Crippen LogP contribution < -0.4 is 15.4 Å². The van der Waals surface area contributed by atoms with Gasteiger partial charge in [-0.25, -0.2) is 4.79 Å². The lowest BCUT2D eigenvalue weighted by molar-refractivity contribution is 0.240. The standard InChI is InChI=1S/C13H19BrN2O2/c1-13(2,8-16-12(17)15-3)10-7-9(14)5-6-11(10)18-4/h5-7H,8H2,1-4H3,(H2,15,16,17). The molecule has 0 bridgehead atoms. The lowest BCUT2D eigenvalue weighted by atomic mass is 9.84. The minimum absolute atomic E-state index is 0.183. The highest BCUT2D eigenvalue weighted by Gasteiger charge is 2.25. The van der Waals surface area contributed by atoms with Crippen molar-refractivity contribution in [3.05, 3.63) is 28.2 Å². The van der Waals surface area contributed by atoms with E-state index in [1.54, 1.807) is 14.2 Å². The van der Waals surface area contributed by atoms with Crippen LogP contribution in [0.4, 0.5) is 4.79 Å². The van der Waals surface area contributed by atoms with Crippen LogP contribution in [0, 0.1) is 0 Å². The third-order valence-corrected chi connectivity index (χ3v) is 3.30. The maximum absolute atomic E-state index is 11.2. The van der Waals surface area contributed by atoms with Crippen molar-refractivity contribution >= 4 is 22.0 Å². The van der Waals surface area contributed by atoms with Crippen molar-refractivity contribution in [2.75, 3.05) is 20.7 Å². The van der Waals surface area contributed by atoms with Gasteiger partial charge in [0, 0.05) is 29.0 Å². The maximum atomic E-state index is 11.2. The largest absolute Gasteiger partial charge is 0.496 e. The maximum Gasteiger partial charge on any atom is 0.314 e. The average molecular weight is 315 g/mol. The molecule has 0 aliphatic carbocycles. The van der Waals surface area contributed by atoms with Crippen LogP contribution in [0.25, 0.3) is 0 Å². The monoisotopic (exact) mass is 314 g/mol. The highest BCUT2D eigenvalue weighted by molar-refractivity contribution is 9.10. The molecule has 5 heteroatoms. The molecular weight excluding hydrogens is 296 g/mol. The molecule has 18 heavy (non-hydrogen) atoms. The molecule has 0 heterocycles. The summed E-state index contributed by atoms with van der Waals surface area (Å²) in [6.45, 7) is 4.65. The molecule has 2 N–H and O–H groups in total. The Hall–Kier alpha value is -1.23. The smallest absolute Gasteiger partial charge is 0.314 e. The van der Waals surface area contributed by atoms with E-state index in [1.165, 1.54) is 0 Å². The topological polar surface area (TPSA) is 50.4 Å². The van der Waals surface area contributed by atoms with E-state index < -0.39 is 0 Å². The summed E-state index contributed by atoms with van der Waals surface area (Å²) in [5.74, 6) is 0.821. The van der Waals surface area contributed by atoms with Gasteiger partial charge in [0.2, 0.25) is 0 Å². The van der Waals surface area contributed by atoms with Crippen molar-refractivity contribution in [3.8, 4) is 5.75 Å². The summed E-state index contributed by atoms with van der Waals surface area (Å²) in [7, 11) is 3.25. The van der Waals surface area contributed by atoms with E-state index in [9.17, 15) is 4.79 Å². The highest BCUT2D eigenvalue weighted by Crippen LogP contribution is 2.33. The molecule has 0 saturated heterocycles. The van der Waals surface area contributed by atoms with Gasteiger partial charge in [-0.15, -0.1) is 0 Å². The predicted octanol–water partition coefficient (Wildman–Crippen LogP) is 2.66. The third-order valence-electron chi connectivity index (χ3n) is 2.81. The van der Waals surface area contributed by atoms with Crippen molar-refractivity contribution in [3.63, 3.8) is 0 Å². The Kier molecular flexibility index (Phi) is 5.02. The first-order valence-electron chi connectivity index (χ1n) is 5.70. The van der Waals surface area contributed by atoms with Crippen LogP contribution >= 0.6 is 15.9 Å². The summed E-state index contributed by atoms with van der Waals surface area (Å²) in [4.78, 5) is 11.2. The first-order valence-corrected chi connectivity index (χ1v) is 6.49. The Morgan fingerprint density at radius 3 is 2.67 bits per heavy atom. The van der Waals surface area contributed by atoms with Gasteiger partial charge in [-0.2, -0.15) is 0 Å². The molecule has 2 amide bonds. The summed E-state index contributed by atoms with van der Waals surface area (Å²) in [5.41, 5.74) is 0.831. The second-order valence-electron chi connectivity index (χ2n) is 4.66. The molecule has 0 atom stereocenters. The number of urea groups is 1. The number of carbonyl (C=O) groups is 1. The first kappa shape index (κ1) is 14.8. The second-order valence-corrected chi connectivity index (χ2v) is 5.58. The van der Waals surface area contributed by atoms with E-state index >= 15 is 0 Å². The summed E-state index contributed by atoms with van der Waals surface area (Å²) < 4.78 is 6.36. The molecule has 0 unspecified atom stereocenters. The van der Waals surface area contributed by atoms with Crippen LogP contribution in [-0.2, 0) is 5.41 Å². The van der Waals surface area contributed by atoms with Gasteiger partial charge in [-0.3, -0.25) is 0 Å². The Labute approximate surface area is 116 Å². The van der Waals surface area contributed by atoms with Crippen molar-refractivity contribution in [2.24, 2.45) is 0 Å². The molecule has 1 aromatic rings. The van der Waals surface area contributed by atoms with Gasteiger partial charge >= 0.3 is 6.03 Å². The van der Waals surface area contributed by atoms with Crippen LogP contribution in [0.15, 0.2) is 22.7 Å². The molecule has 1 aromatic carbocycles. The van der Waals surface area contributed by atoms with E-state index in [4.69, 9.17) is 4.74 Å². The van der Waals surface area contributed by atoms with Crippen LogP contribution in [-0.4, -0.2) is 26.7 Å². The molecule has 0 saturated carbocycles. The van der Waals surface area contributed by atoms with Crippen molar-refractivity contribution in [1.82, 2.24) is 10.6 Å². The quantitative estimate of drug-likeness (QED) is 0.897. The van der Waals surface area contributed by atoms with E-state index in [2.05, 4.69) is 40.4 Å². The Morgan fingerprint density at radius 2 is 2.11 bits per heavy atom. The van der Waals surface area contributed by atoms with Gasteiger partial charge in [-0.05, 0) is 18.2 Å². The lowest BCUT2D eigenvalue weighted by Gasteiger charge is -2.27. The number of hydrogen-bond acceptors (Lipinski definition) is 2. The number of carbonyl (C=O) groups excluding carboxylic acids is 1. The molecule has 0 radical (unpaired) electrons. The van der Waals surface area contributed by atoms with E-state index in [0.717, 1.165) is 15.8 Å². The van der Waals surface area contributed by atoms with Crippen molar-refractivity contribution in [2.45, 2.75) is 19.3 Å². The zero-order chi connectivity index (χ0) is 13.8. The molecule has 1 rings (SSSR count). The number of halogens is 1. The SMILES string of the molecule is CNC(=O)NCC(C)(C)c1cc(Br)ccc1OC. The van der Waals surface area contributed by atoms with Gasteiger partial charge < -0.3 is 15.4 Å². The zero-order valence-electron chi connectivity index (χ0n) is 11.1. The number of ether oxygens (including phenoxy) is 1. The molecule has 0 aliphatic rings. The first-order chi connectivity index (χ1) is 8.40. The normalized spacial score (nSPS) is 10.9. The Balaban J connectivity index is 2.95. The summed E-state index contributed by atoms with van der Waals surface area (Å²) in [6.07, 6.45) is 0. The molecule has 0 aromatic heterocycles. The lowest BCUT2D eigenvalue weighted by Crippen LogP contribution is -2.41.